The fourth-order valence-corrected chi connectivity index (χ4v) is 2.07. The average molecular weight is 314 g/mol. The van der Waals surface area contributed by atoms with Crippen LogP contribution < -0.4 is 0 Å². The molecule has 0 saturated carbocycles. The van der Waals surface area contributed by atoms with E-state index in [2.05, 4.69) is 21.0 Å². The van der Waals surface area contributed by atoms with E-state index >= 15 is 0 Å². The Labute approximate surface area is 113 Å². The first-order valence-electron chi connectivity index (χ1n) is 5.01. The van der Waals surface area contributed by atoms with Gasteiger partial charge in [0.1, 0.15) is 0 Å². The van der Waals surface area contributed by atoms with Gasteiger partial charge in [0.25, 0.3) is 0 Å². The molecule has 17 heavy (non-hydrogen) atoms. The van der Waals surface area contributed by atoms with Gasteiger partial charge >= 0.3 is 0 Å². The smallest absolute Gasteiger partial charge is 0.152 e. The van der Waals surface area contributed by atoms with Gasteiger partial charge in [-0.3, -0.25) is 4.79 Å². The van der Waals surface area contributed by atoms with Crippen LogP contribution >= 0.6 is 27.5 Å². The first-order valence-corrected chi connectivity index (χ1v) is 6.18. The molecule has 0 aliphatic carbocycles. The summed E-state index contributed by atoms with van der Waals surface area (Å²) in [5.74, 6) is 0. The third-order valence-corrected chi connectivity index (χ3v) is 3.93. The number of hydrogen-bond donors (Lipinski definition) is 0. The number of carbonyl (C=O) groups excluding carboxylic acids is 1. The van der Waals surface area contributed by atoms with Crippen molar-refractivity contribution in [3.05, 3.63) is 44.6 Å². The summed E-state index contributed by atoms with van der Waals surface area (Å²) >= 11 is 9.41. The summed E-state index contributed by atoms with van der Waals surface area (Å²) in [5.41, 5.74) is 3.07. The molecule has 0 aliphatic rings. The van der Waals surface area contributed by atoms with Crippen LogP contribution in [0.25, 0.3) is 5.69 Å². The lowest BCUT2D eigenvalue weighted by Crippen LogP contribution is -2.03. The maximum atomic E-state index is 11.0. The topological polar surface area (TPSA) is 34.9 Å². The highest BCUT2D eigenvalue weighted by Crippen LogP contribution is 2.25. The maximum absolute atomic E-state index is 11.0. The molecule has 0 amide bonds. The van der Waals surface area contributed by atoms with E-state index in [1.807, 2.05) is 13.8 Å². The van der Waals surface area contributed by atoms with Crippen molar-refractivity contribution in [3.8, 4) is 5.69 Å². The van der Waals surface area contributed by atoms with Gasteiger partial charge in [-0.15, -0.1) is 0 Å². The molecular formula is C12H10BrClN2O. The van der Waals surface area contributed by atoms with Gasteiger partial charge in [0.05, 0.1) is 21.5 Å². The molecule has 1 heterocycles. The molecule has 0 bridgehead atoms. The number of carbonyl (C=O) groups is 1. The molecule has 0 N–H and O–H groups in total. The molecule has 2 aromatic rings. The van der Waals surface area contributed by atoms with Crippen molar-refractivity contribution in [3.63, 3.8) is 0 Å². The first-order chi connectivity index (χ1) is 8.04. The molecular weight excluding hydrogens is 304 g/mol. The van der Waals surface area contributed by atoms with Crippen molar-refractivity contribution in [1.82, 2.24) is 9.78 Å². The van der Waals surface area contributed by atoms with Gasteiger partial charge in [-0.1, -0.05) is 11.6 Å². The number of aryl methyl sites for hydroxylation is 1. The minimum atomic E-state index is 0.562. The monoisotopic (exact) mass is 312 g/mol. The normalized spacial score (nSPS) is 10.6. The Morgan fingerprint density at radius 3 is 2.65 bits per heavy atom. The summed E-state index contributed by atoms with van der Waals surface area (Å²) in [7, 11) is 0. The molecule has 0 aliphatic heterocycles. The number of nitrogens with zero attached hydrogens (tertiary/aromatic N) is 2. The number of benzene rings is 1. The van der Waals surface area contributed by atoms with Crippen molar-refractivity contribution in [2.45, 2.75) is 13.8 Å². The molecule has 1 aromatic carbocycles. The molecule has 0 fully saturated rings. The second-order valence-electron chi connectivity index (χ2n) is 3.72. The van der Waals surface area contributed by atoms with Gasteiger partial charge in [0, 0.05) is 10.6 Å². The molecule has 88 valence electrons. The number of rotatable bonds is 2. The van der Waals surface area contributed by atoms with E-state index in [1.54, 1.807) is 22.9 Å². The van der Waals surface area contributed by atoms with Crippen molar-refractivity contribution in [1.29, 1.82) is 0 Å². The number of hydrogen-bond acceptors (Lipinski definition) is 2. The Balaban J connectivity index is 2.71. The van der Waals surface area contributed by atoms with Crippen LogP contribution in [0.2, 0.25) is 5.02 Å². The molecule has 0 radical (unpaired) electrons. The van der Waals surface area contributed by atoms with Crippen molar-refractivity contribution in [2.24, 2.45) is 0 Å². The largest absolute Gasteiger partial charge is 0.298 e. The van der Waals surface area contributed by atoms with E-state index in [4.69, 9.17) is 11.6 Å². The Morgan fingerprint density at radius 1 is 1.41 bits per heavy atom. The van der Waals surface area contributed by atoms with Gasteiger partial charge in [0.2, 0.25) is 0 Å². The van der Waals surface area contributed by atoms with E-state index in [1.165, 1.54) is 0 Å². The van der Waals surface area contributed by atoms with Gasteiger partial charge in [-0.25, -0.2) is 4.68 Å². The molecule has 3 nitrogen and oxygen atoms in total. The Bertz CT molecular complexity index is 592. The molecule has 0 spiro atoms. The lowest BCUT2D eigenvalue weighted by atomic mass is 10.2. The average Bonchev–Trinajstić information content (AvgIpc) is 2.57. The van der Waals surface area contributed by atoms with Crippen LogP contribution in [-0.2, 0) is 0 Å². The zero-order valence-electron chi connectivity index (χ0n) is 9.37. The number of aldehydes is 1. The van der Waals surface area contributed by atoms with Crippen LogP contribution in [0.1, 0.15) is 21.7 Å². The van der Waals surface area contributed by atoms with Gasteiger partial charge in [-0.2, -0.15) is 5.10 Å². The summed E-state index contributed by atoms with van der Waals surface area (Å²) in [4.78, 5) is 11.0. The molecule has 0 unspecified atom stereocenters. The van der Waals surface area contributed by atoms with Crippen molar-refractivity contribution in [2.75, 3.05) is 0 Å². The van der Waals surface area contributed by atoms with Crippen LogP contribution in [0.4, 0.5) is 0 Å². The fraction of sp³-hybridized carbons (Fsp3) is 0.167. The van der Waals surface area contributed by atoms with E-state index < -0.39 is 0 Å². The first kappa shape index (κ1) is 12.3. The maximum Gasteiger partial charge on any atom is 0.152 e. The zero-order valence-corrected chi connectivity index (χ0v) is 11.7. The van der Waals surface area contributed by atoms with Crippen molar-refractivity contribution < 1.29 is 4.79 Å². The minimum absolute atomic E-state index is 0.562. The van der Waals surface area contributed by atoms with Crippen LogP contribution in [0, 0.1) is 13.8 Å². The second-order valence-corrected chi connectivity index (χ2v) is 4.95. The van der Waals surface area contributed by atoms with Crippen LogP contribution in [0.15, 0.2) is 22.7 Å². The van der Waals surface area contributed by atoms with E-state index in [0.717, 1.165) is 22.1 Å². The number of halogens is 2. The summed E-state index contributed by atoms with van der Waals surface area (Å²) in [5, 5.41) is 4.96. The molecule has 2 rings (SSSR count). The molecule has 0 atom stereocenters. The lowest BCUT2D eigenvalue weighted by molar-refractivity contribution is 0.112. The predicted molar refractivity (Wildman–Crippen MR) is 71.1 cm³/mol. The fourth-order valence-electron chi connectivity index (χ4n) is 1.66. The van der Waals surface area contributed by atoms with E-state index in [9.17, 15) is 4.79 Å². The van der Waals surface area contributed by atoms with Gasteiger partial charge < -0.3 is 0 Å². The quantitative estimate of drug-likeness (QED) is 0.792. The van der Waals surface area contributed by atoms with E-state index in [-0.39, 0.29) is 0 Å². The van der Waals surface area contributed by atoms with E-state index in [0.29, 0.717) is 16.3 Å². The third-order valence-electron chi connectivity index (χ3n) is 2.55. The second kappa shape index (κ2) is 4.63. The molecule has 1 aromatic heterocycles. The van der Waals surface area contributed by atoms with Crippen LogP contribution in [-0.4, -0.2) is 16.1 Å². The summed E-state index contributed by atoms with van der Waals surface area (Å²) in [6.07, 6.45) is 0.802. The van der Waals surface area contributed by atoms with Gasteiger partial charge in [-0.05, 0) is 48.0 Å². The molecule has 0 saturated heterocycles. The lowest BCUT2D eigenvalue weighted by Gasteiger charge is -2.07. The summed E-state index contributed by atoms with van der Waals surface area (Å²) in [6, 6.07) is 5.11. The Morgan fingerprint density at radius 2 is 2.12 bits per heavy atom. The highest BCUT2D eigenvalue weighted by Gasteiger charge is 2.13. The predicted octanol–water partition coefficient (Wildman–Crippen LogP) is 3.72. The zero-order chi connectivity index (χ0) is 12.6. The standard InChI is InChI=1S/C12H10BrClN2O/c1-7-12(13)8(2)16(15-7)11-5-10(14)4-3-9(11)6-17/h3-6H,1-2H3. The van der Waals surface area contributed by atoms with Crippen LogP contribution in [0.3, 0.4) is 0 Å². The third kappa shape index (κ3) is 2.15. The minimum Gasteiger partial charge on any atom is -0.298 e. The summed E-state index contributed by atoms with van der Waals surface area (Å²) < 4.78 is 2.66. The Hall–Kier alpha value is -1.13. The Kier molecular flexibility index (Phi) is 3.35. The highest BCUT2D eigenvalue weighted by atomic mass is 79.9. The van der Waals surface area contributed by atoms with Gasteiger partial charge in [0.15, 0.2) is 6.29 Å². The summed E-state index contributed by atoms with van der Waals surface area (Å²) in [6.45, 7) is 3.83. The van der Waals surface area contributed by atoms with Crippen LogP contribution in [0.5, 0.6) is 0 Å². The molecule has 5 heteroatoms. The van der Waals surface area contributed by atoms with Crippen molar-refractivity contribution >= 4 is 33.8 Å². The highest BCUT2D eigenvalue weighted by molar-refractivity contribution is 9.10. The SMILES string of the molecule is Cc1nn(-c2cc(Cl)ccc2C=O)c(C)c1Br. The number of aromatic nitrogens is 2.